The molecule has 0 radical (unpaired) electrons. The molecule has 1 aromatic heterocycles. The predicted octanol–water partition coefficient (Wildman–Crippen LogP) is 2.46. The van der Waals surface area contributed by atoms with Gasteiger partial charge in [-0.25, -0.2) is 0 Å². The van der Waals surface area contributed by atoms with Gasteiger partial charge >= 0.3 is 0 Å². The van der Waals surface area contributed by atoms with Crippen LogP contribution in [-0.2, 0) is 0 Å². The molecular weight excluding hydrogens is 216 g/mol. The number of amides is 1. The van der Waals surface area contributed by atoms with Gasteiger partial charge in [-0.1, -0.05) is 18.2 Å². The second-order valence-electron chi connectivity index (χ2n) is 3.88. The molecule has 1 aromatic carbocycles. The number of hydrogen-bond acceptors (Lipinski definition) is 3. The van der Waals surface area contributed by atoms with E-state index in [1.54, 1.807) is 6.92 Å². The first-order valence-corrected chi connectivity index (χ1v) is 5.36. The Balaban J connectivity index is 2.23. The Morgan fingerprint density at radius 1 is 1.53 bits per heavy atom. The zero-order valence-electron chi connectivity index (χ0n) is 9.43. The average Bonchev–Trinajstić information content (AvgIpc) is 2.72. The molecule has 0 aliphatic rings. The minimum Gasteiger partial charge on any atom is -0.463 e. The van der Waals surface area contributed by atoms with Gasteiger partial charge in [-0.05, 0) is 13.0 Å². The highest BCUT2D eigenvalue weighted by molar-refractivity contribution is 6.05. The molecule has 1 N–H and O–H groups in total. The van der Waals surface area contributed by atoms with Gasteiger partial charge in [0.25, 0.3) is 5.91 Å². The van der Waals surface area contributed by atoms with Crippen LogP contribution >= 0.6 is 0 Å². The van der Waals surface area contributed by atoms with Crippen molar-refractivity contribution < 1.29 is 9.21 Å². The minimum absolute atomic E-state index is 0.166. The van der Waals surface area contributed by atoms with Gasteiger partial charge in [0.2, 0.25) is 0 Å². The van der Waals surface area contributed by atoms with E-state index in [9.17, 15) is 4.79 Å². The van der Waals surface area contributed by atoms with Crippen molar-refractivity contribution in [3.8, 4) is 6.07 Å². The Bertz CT molecular complexity index is 580. The fraction of sp³-hybridized carbons (Fsp3) is 0.231. The van der Waals surface area contributed by atoms with Gasteiger partial charge < -0.3 is 9.73 Å². The van der Waals surface area contributed by atoms with Gasteiger partial charge in [0, 0.05) is 11.4 Å². The van der Waals surface area contributed by atoms with Crippen LogP contribution in [0.3, 0.4) is 0 Å². The Kier molecular flexibility index (Phi) is 3.10. The van der Waals surface area contributed by atoms with Crippen molar-refractivity contribution in [1.29, 1.82) is 5.26 Å². The van der Waals surface area contributed by atoms with E-state index in [1.165, 1.54) is 6.26 Å². The number of nitrogens with zero attached hydrogens (tertiary/aromatic N) is 1. The SMILES string of the molecule is CC(CC#N)NC(=O)c1coc2ccccc12. The third kappa shape index (κ3) is 2.28. The van der Waals surface area contributed by atoms with E-state index < -0.39 is 0 Å². The topological polar surface area (TPSA) is 66.0 Å². The van der Waals surface area contributed by atoms with Gasteiger partial charge in [-0.3, -0.25) is 4.79 Å². The third-order valence-electron chi connectivity index (χ3n) is 2.50. The van der Waals surface area contributed by atoms with Gasteiger partial charge in [-0.2, -0.15) is 5.26 Å². The lowest BCUT2D eigenvalue weighted by atomic mass is 10.1. The normalized spacial score (nSPS) is 12.0. The molecule has 0 fully saturated rings. The summed E-state index contributed by atoms with van der Waals surface area (Å²) in [5.74, 6) is -0.210. The molecule has 1 heterocycles. The summed E-state index contributed by atoms with van der Waals surface area (Å²) in [6.45, 7) is 1.80. The van der Waals surface area contributed by atoms with Crippen LogP contribution in [0.5, 0.6) is 0 Å². The van der Waals surface area contributed by atoms with Crippen molar-refractivity contribution in [2.24, 2.45) is 0 Å². The Morgan fingerprint density at radius 3 is 3.06 bits per heavy atom. The lowest BCUT2D eigenvalue weighted by Gasteiger charge is -2.08. The molecule has 2 rings (SSSR count). The number of para-hydroxylation sites is 1. The molecule has 0 aliphatic heterocycles. The largest absolute Gasteiger partial charge is 0.463 e. The summed E-state index contributed by atoms with van der Waals surface area (Å²) >= 11 is 0. The molecule has 2 aromatic rings. The van der Waals surface area contributed by atoms with E-state index in [2.05, 4.69) is 5.32 Å². The van der Waals surface area contributed by atoms with Crippen LogP contribution in [0.25, 0.3) is 11.0 Å². The highest BCUT2D eigenvalue weighted by atomic mass is 16.3. The van der Waals surface area contributed by atoms with Crippen molar-refractivity contribution >= 4 is 16.9 Å². The molecule has 4 nitrogen and oxygen atoms in total. The molecule has 1 atom stereocenters. The summed E-state index contributed by atoms with van der Waals surface area (Å²) in [5.41, 5.74) is 1.19. The van der Waals surface area contributed by atoms with E-state index in [1.807, 2.05) is 30.3 Å². The van der Waals surface area contributed by atoms with Crippen LogP contribution in [-0.4, -0.2) is 11.9 Å². The lowest BCUT2D eigenvalue weighted by Crippen LogP contribution is -2.32. The maximum atomic E-state index is 11.9. The van der Waals surface area contributed by atoms with E-state index >= 15 is 0 Å². The number of fused-ring (bicyclic) bond motifs is 1. The van der Waals surface area contributed by atoms with Crippen molar-refractivity contribution in [2.45, 2.75) is 19.4 Å². The Hall–Kier alpha value is -2.28. The number of benzene rings is 1. The summed E-state index contributed by atoms with van der Waals surface area (Å²) < 4.78 is 5.29. The van der Waals surface area contributed by atoms with E-state index in [-0.39, 0.29) is 11.9 Å². The fourth-order valence-electron chi connectivity index (χ4n) is 1.64. The molecule has 1 unspecified atom stereocenters. The number of hydrogen-bond donors (Lipinski definition) is 1. The lowest BCUT2D eigenvalue weighted by molar-refractivity contribution is 0.0941. The van der Waals surface area contributed by atoms with E-state index in [0.29, 0.717) is 17.6 Å². The van der Waals surface area contributed by atoms with Crippen molar-refractivity contribution in [3.05, 3.63) is 36.1 Å². The molecule has 0 saturated heterocycles. The summed E-state index contributed by atoms with van der Waals surface area (Å²) in [7, 11) is 0. The molecule has 17 heavy (non-hydrogen) atoms. The number of nitrogens with one attached hydrogen (secondary N) is 1. The number of furan rings is 1. The second kappa shape index (κ2) is 4.71. The molecule has 4 heteroatoms. The summed E-state index contributed by atoms with van der Waals surface area (Å²) in [6, 6.07) is 9.21. The summed E-state index contributed by atoms with van der Waals surface area (Å²) in [4.78, 5) is 11.9. The van der Waals surface area contributed by atoms with Gasteiger partial charge in [0.1, 0.15) is 11.8 Å². The smallest absolute Gasteiger partial charge is 0.255 e. The van der Waals surface area contributed by atoms with Crippen molar-refractivity contribution in [3.63, 3.8) is 0 Å². The monoisotopic (exact) mass is 228 g/mol. The average molecular weight is 228 g/mol. The third-order valence-corrected chi connectivity index (χ3v) is 2.50. The van der Waals surface area contributed by atoms with Crippen LogP contribution in [0.15, 0.2) is 34.9 Å². The zero-order chi connectivity index (χ0) is 12.3. The van der Waals surface area contributed by atoms with Gasteiger partial charge in [0.05, 0.1) is 18.1 Å². The van der Waals surface area contributed by atoms with Crippen LogP contribution in [0, 0.1) is 11.3 Å². The first-order valence-electron chi connectivity index (χ1n) is 5.36. The molecule has 86 valence electrons. The van der Waals surface area contributed by atoms with Crippen LogP contribution in [0.4, 0.5) is 0 Å². The Labute approximate surface area is 98.8 Å². The molecule has 0 spiro atoms. The number of carbonyl (C=O) groups is 1. The number of carbonyl (C=O) groups excluding carboxylic acids is 1. The van der Waals surface area contributed by atoms with E-state index in [4.69, 9.17) is 9.68 Å². The molecule has 0 saturated carbocycles. The molecule has 0 bridgehead atoms. The van der Waals surface area contributed by atoms with Gasteiger partial charge in [-0.15, -0.1) is 0 Å². The molecular formula is C13H12N2O2. The first kappa shape index (κ1) is 11.2. The maximum Gasteiger partial charge on any atom is 0.255 e. The molecule has 1 amide bonds. The van der Waals surface area contributed by atoms with Crippen LogP contribution in [0.1, 0.15) is 23.7 Å². The van der Waals surface area contributed by atoms with Crippen LogP contribution < -0.4 is 5.32 Å². The minimum atomic E-state index is -0.210. The quantitative estimate of drug-likeness (QED) is 0.877. The number of nitriles is 1. The number of rotatable bonds is 3. The summed E-state index contributed by atoms with van der Waals surface area (Å²) in [5, 5.41) is 12.1. The highest BCUT2D eigenvalue weighted by Crippen LogP contribution is 2.20. The highest BCUT2D eigenvalue weighted by Gasteiger charge is 2.14. The fourth-order valence-corrected chi connectivity index (χ4v) is 1.64. The summed E-state index contributed by atoms with van der Waals surface area (Å²) in [6.07, 6.45) is 1.74. The predicted molar refractivity (Wildman–Crippen MR) is 63.4 cm³/mol. The van der Waals surface area contributed by atoms with Crippen molar-refractivity contribution in [1.82, 2.24) is 5.32 Å². The van der Waals surface area contributed by atoms with Crippen LogP contribution in [0.2, 0.25) is 0 Å². The maximum absolute atomic E-state index is 11.9. The Morgan fingerprint density at radius 2 is 2.29 bits per heavy atom. The molecule has 0 aliphatic carbocycles. The van der Waals surface area contributed by atoms with E-state index in [0.717, 1.165) is 5.39 Å². The first-order chi connectivity index (χ1) is 8.22. The standard InChI is InChI=1S/C13H12N2O2/c1-9(6-7-14)15-13(16)11-8-17-12-5-3-2-4-10(11)12/h2-5,8-9H,6H2,1H3,(H,15,16). The zero-order valence-corrected chi connectivity index (χ0v) is 9.43. The second-order valence-corrected chi connectivity index (χ2v) is 3.88. The van der Waals surface area contributed by atoms with Crippen molar-refractivity contribution in [2.75, 3.05) is 0 Å². The van der Waals surface area contributed by atoms with Gasteiger partial charge in [0.15, 0.2) is 0 Å².